The number of hydrogen-bond donors (Lipinski definition) is 3. The number of nitrogens with zero attached hydrogens (tertiary/aromatic N) is 2. The Kier molecular flexibility index (Phi) is 8.13. The molecule has 0 bridgehead atoms. The van der Waals surface area contributed by atoms with E-state index in [-0.39, 0.29) is 17.6 Å². The van der Waals surface area contributed by atoms with Crippen molar-refractivity contribution in [1.29, 1.82) is 0 Å². The highest BCUT2D eigenvalue weighted by atomic mass is 19.4. The third kappa shape index (κ3) is 6.17. The van der Waals surface area contributed by atoms with Gasteiger partial charge in [0.25, 0.3) is 5.91 Å². The standard InChI is InChI=1S/C18H19N3O4.C2HF3O2/c1-25-16-5-3-2-4-13(16)15-11-19-8-9-21(15)17(22)12-6-7-14(18(23)24)20-10-12;3-2(4,5)1(6)7/h2-7,10,15,19H,8-9,11H2,1H3,(H,23,24);(H,6,7). The van der Waals surface area contributed by atoms with Gasteiger partial charge in [0.15, 0.2) is 0 Å². The highest BCUT2D eigenvalue weighted by Crippen LogP contribution is 2.31. The Morgan fingerprint density at radius 3 is 2.34 bits per heavy atom. The maximum atomic E-state index is 12.9. The molecule has 1 fully saturated rings. The van der Waals surface area contributed by atoms with Crippen LogP contribution in [0.25, 0.3) is 0 Å². The molecule has 0 aliphatic carbocycles. The van der Waals surface area contributed by atoms with Crippen LogP contribution < -0.4 is 10.1 Å². The second-order valence-corrected chi connectivity index (χ2v) is 6.50. The van der Waals surface area contributed by atoms with Crippen molar-refractivity contribution < 1.29 is 42.5 Å². The van der Waals surface area contributed by atoms with Gasteiger partial charge < -0.3 is 25.2 Å². The SMILES string of the molecule is COc1ccccc1C1CNCCN1C(=O)c1ccc(C(=O)O)nc1.O=C(O)C(F)(F)F. The number of amides is 1. The largest absolute Gasteiger partial charge is 0.496 e. The number of carboxylic acid groups (broad SMARTS) is 2. The lowest BCUT2D eigenvalue weighted by molar-refractivity contribution is -0.192. The number of nitrogens with one attached hydrogen (secondary N) is 1. The summed E-state index contributed by atoms with van der Waals surface area (Å²) in [6, 6.07) is 10.3. The number of methoxy groups -OCH3 is 1. The molecule has 2 aromatic rings. The summed E-state index contributed by atoms with van der Waals surface area (Å²) in [5.74, 6) is -3.32. The summed E-state index contributed by atoms with van der Waals surface area (Å²) in [6.45, 7) is 1.85. The van der Waals surface area contributed by atoms with Crippen molar-refractivity contribution >= 4 is 17.8 Å². The number of carbonyl (C=O) groups excluding carboxylic acids is 1. The second kappa shape index (κ2) is 10.6. The molecule has 3 N–H and O–H groups in total. The molecular weight excluding hydrogens is 435 g/mol. The average molecular weight is 455 g/mol. The van der Waals surface area contributed by atoms with E-state index in [2.05, 4.69) is 10.3 Å². The van der Waals surface area contributed by atoms with E-state index in [9.17, 15) is 22.8 Å². The summed E-state index contributed by atoms with van der Waals surface area (Å²) in [5.41, 5.74) is 1.21. The molecule has 1 amide bonds. The number of piperazine rings is 1. The molecular formula is C20H20F3N3O6. The fraction of sp³-hybridized carbons (Fsp3) is 0.300. The number of aliphatic carboxylic acids is 1. The van der Waals surface area contributed by atoms with Crippen LogP contribution in [0.3, 0.4) is 0 Å². The molecule has 1 aliphatic heterocycles. The van der Waals surface area contributed by atoms with Gasteiger partial charge in [-0.05, 0) is 18.2 Å². The minimum Gasteiger partial charge on any atom is -0.496 e. The van der Waals surface area contributed by atoms with E-state index in [1.807, 2.05) is 24.3 Å². The molecule has 32 heavy (non-hydrogen) atoms. The number of hydrogen-bond acceptors (Lipinski definition) is 6. The maximum Gasteiger partial charge on any atom is 0.490 e. The zero-order chi connectivity index (χ0) is 23.9. The topological polar surface area (TPSA) is 129 Å². The van der Waals surface area contributed by atoms with E-state index in [0.717, 1.165) is 11.3 Å². The van der Waals surface area contributed by atoms with Gasteiger partial charge in [-0.3, -0.25) is 4.79 Å². The molecule has 1 atom stereocenters. The van der Waals surface area contributed by atoms with Crippen molar-refractivity contribution in [3.05, 3.63) is 59.4 Å². The summed E-state index contributed by atoms with van der Waals surface area (Å²) >= 11 is 0. The van der Waals surface area contributed by atoms with E-state index >= 15 is 0 Å². The predicted octanol–water partition coefficient (Wildman–Crippen LogP) is 2.21. The molecule has 172 valence electrons. The van der Waals surface area contributed by atoms with Crippen molar-refractivity contribution in [2.24, 2.45) is 0 Å². The number of rotatable bonds is 4. The minimum atomic E-state index is -5.08. The molecule has 1 aromatic heterocycles. The van der Waals surface area contributed by atoms with Gasteiger partial charge in [0, 0.05) is 31.4 Å². The summed E-state index contributed by atoms with van der Waals surface area (Å²) in [6.07, 6.45) is -3.77. The number of para-hydroxylation sites is 1. The molecule has 0 saturated carbocycles. The summed E-state index contributed by atoms with van der Waals surface area (Å²) < 4.78 is 37.2. The van der Waals surface area contributed by atoms with Gasteiger partial charge in [-0.1, -0.05) is 18.2 Å². The van der Waals surface area contributed by atoms with Crippen LogP contribution in [0.15, 0.2) is 42.6 Å². The van der Waals surface area contributed by atoms with Crippen molar-refractivity contribution in [1.82, 2.24) is 15.2 Å². The van der Waals surface area contributed by atoms with Gasteiger partial charge in [0.1, 0.15) is 11.4 Å². The Balaban J connectivity index is 0.000000451. The monoisotopic (exact) mass is 455 g/mol. The third-order valence-electron chi connectivity index (χ3n) is 4.47. The fourth-order valence-corrected chi connectivity index (χ4v) is 2.98. The molecule has 1 unspecified atom stereocenters. The zero-order valence-corrected chi connectivity index (χ0v) is 16.8. The number of aromatic nitrogens is 1. The number of pyridine rings is 1. The lowest BCUT2D eigenvalue weighted by atomic mass is 10.0. The minimum absolute atomic E-state index is 0.0851. The molecule has 1 aromatic carbocycles. The van der Waals surface area contributed by atoms with Crippen LogP contribution in [0.2, 0.25) is 0 Å². The van der Waals surface area contributed by atoms with Gasteiger partial charge in [0.2, 0.25) is 0 Å². The number of halogens is 3. The Hall–Kier alpha value is -3.67. The van der Waals surface area contributed by atoms with Gasteiger partial charge in [0.05, 0.1) is 18.7 Å². The van der Waals surface area contributed by atoms with Crippen molar-refractivity contribution in [2.45, 2.75) is 12.2 Å². The molecule has 0 spiro atoms. The lowest BCUT2D eigenvalue weighted by Crippen LogP contribution is -2.48. The van der Waals surface area contributed by atoms with Crippen molar-refractivity contribution in [3.63, 3.8) is 0 Å². The van der Waals surface area contributed by atoms with E-state index in [4.69, 9.17) is 19.7 Å². The van der Waals surface area contributed by atoms with Crippen LogP contribution in [0, 0.1) is 0 Å². The van der Waals surface area contributed by atoms with Crippen LogP contribution in [0.1, 0.15) is 32.5 Å². The van der Waals surface area contributed by atoms with Crippen LogP contribution >= 0.6 is 0 Å². The van der Waals surface area contributed by atoms with Crippen LogP contribution in [-0.4, -0.2) is 70.9 Å². The number of ether oxygens (including phenoxy) is 1. The number of carboxylic acids is 2. The van der Waals surface area contributed by atoms with Gasteiger partial charge >= 0.3 is 18.1 Å². The average Bonchev–Trinajstić information content (AvgIpc) is 2.78. The first-order chi connectivity index (χ1) is 15.1. The maximum absolute atomic E-state index is 12.9. The van der Waals surface area contributed by atoms with Gasteiger partial charge in [-0.2, -0.15) is 13.2 Å². The molecule has 1 aliphatic rings. The lowest BCUT2D eigenvalue weighted by Gasteiger charge is -2.37. The summed E-state index contributed by atoms with van der Waals surface area (Å²) in [4.78, 5) is 38.3. The first-order valence-corrected chi connectivity index (χ1v) is 9.20. The quantitative estimate of drug-likeness (QED) is 0.640. The van der Waals surface area contributed by atoms with Crippen LogP contribution in [0.4, 0.5) is 13.2 Å². The van der Waals surface area contributed by atoms with Crippen molar-refractivity contribution in [3.8, 4) is 5.75 Å². The van der Waals surface area contributed by atoms with Gasteiger partial charge in [-0.25, -0.2) is 14.6 Å². The number of alkyl halides is 3. The second-order valence-electron chi connectivity index (χ2n) is 6.50. The molecule has 1 saturated heterocycles. The Bertz CT molecular complexity index is 966. The summed E-state index contributed by atoms with van der Waals surface area (Å²) in [5, 5.41) is 19.4. The molecule has 2 heterocycles. The van der Waals surface area contributed by atoms with E-state index in [1.54, 1.807) is 12.0 Å². The highest BCUT2D eigenvalue weighted by Gasteiger charge is 2.38. The first kappa shape index (κ1) is 24.6. The number of aromatic carboxylic acids is 1. The van der Waals surface area contributed by atoms with Crippen LogP contribution in [-0.2, 0) is 4.79 Å². The Labute approximate surface area is 180 Å². The molecule has 3 rings (SSSR count). The Morgan fingerprint density at radius 1 is 1.16 bits per heavy atom. The Morgan fingerprint density at radius 2 is 1.81 bits per heavy atom. The van der Waals surface area contributed by atoms with E-state index in [1.165, 1.54) is 18.3 Å². The van der Waals surface area contributed by atoms with Crippen LogP contribution in [0.5, 0.6) is 5.75 Å². The predicted molar refractivity (Wildman–Crippen MR) is 105 cm³/mol. The molecule has 12 heteroatoms. The molecule has 9 nitrogen and oxygen atoms in total. The first-order valence-electron chi connectivity index (χ1n) is 9.20. The number of carbonyl (C=O) groups is 3. The van der Waals surface area contributed by atoms with E-state index < -0.39 is 18.1 Å². The number of benzene rings is 1. The van der Waals surface area contributed by atoms with Gasteiger partial charge in [-0.15, -0.1) is 0 Å². The fourth-order valence-electron chi connectivity index (χ4n) is 2.98. The smallest absolute Gasteiger partial charge is 0.490 e. The summed E-state index contributed by atoms with van der Waals surface area (Å²) in [7, 11) is 1.61. The zero-order valence-electron chi connectivity index (χ0n) is 16.8. The normalized spacial score (nSPS) is 15.9. The van der Waals surface area contributed by atoms with E-state index in [0.29, 0.717) is 25.2 Å². The molecule has 0 radical (unpaired) electrons. The highest BCUT2D eigenvalue weighted by molar-refractivity contribution is 5.95. The third-order valence-corrected chi connectivity index (χ3v) is 4.47. The van der Waals surface area contributed by atoms with Crippen molar-refractivity contribution in [2.75, 3.05) is 26.7 Å².